The van der Waals surface area contributed by atoms with Crippen molar-refractivity contribution in [1.82, 2.24) is 24.6 Å². The summed E-state index contributed by atoms with van der Waals surface area (Å²) >= 11 is 0. The smallest absolute Gasteiger partial charge is 0.228 e. The third kappa shape index (κ3) is 2.80. The summed E-state index contributed by atoms with van der Waals surface area (Å²) in [5, 5.41) is 14.5. The molecule has 0 saturated carbocycles. The highest BCUT2D eigenvalue weighted by atomic mass is 19.1. The summed E-state index contributed by atoms with van der Waals surface area (Å²) in [6.45, 7) is 0. The van der Waals surface area contributed by atoms with Crippen LogP contribution in [0.4, 0.5) is 4.39 Å². The van der Waals surface area contributed by atoms with E-state index in [-0.39, 0.29) is 17.5 Å². The first-order valence-electron chi connectivity index (χ1n) is 9.59. The predicted octanol–water partition coefficient (Wildman–Crippen LogP) is 4.32. The summed E-state index contributed by atoms with van der Waals surface area (Å²) < 4.78 is 21.0. The number of phenolic OH excluding ortho intramolecular Hbond substituents is 1. The van der Waals surface area contributed by atoms with Gasteiger partial charge in [0.2, 0.25) is 5.88 Å². The molecule has 7 nitrogen and oxygen atoms in total. The largest absolute Gasteiger partial charge is 0.508 e. The van der Waals surface area contributed by atoms with Crippen LogP contribution in [0, 0.1) is 5.82 Å². The molecule has 0 amide bonds. The molecule has 0 bridgehead atoms. The normalized spacial score (nSPS) is 14.7. The number of rotatable bonds is 2. The molecule has 6 rings (SSSR count). The van der Waals surface area contributed by atoms with Crippen molar-refractivity contribution < 1.29 is 14.2 Å². The fourth-order valence-electron chi connectivity index (χ4n) is 3.92. The fraction of sp³-hybridized carbons (Fsp3) is 0.0435. The van der Waals surface area contributed by atoms with Gasteiger partial charge in [0, 0.05) is 35.5 Å². The van der Waals surface area contributed by atoms with Crippen LogP contribution in [0.25, 0.3) is 17.0 Å². The lowest BCUT2D eigenvalue weighted by molar-refractivity contribution is 0.422. The number of ether oxygens (including phenoxy) is 1. The Morgan fingerprint density at radius 2 is 1.94 bits per heavy atom. The second kappa shape index (κ2) is 6.60. The highest BCUT2D eigenvalue weighted by Crippen LogP contribution is 2.48. The Morgan fingerprint density at radius 3 is 2.74 bits per heavy atom. The predicted molar refractivity (Wildman–Crippen MR) is 110 cm³/mol. The Balaban J connectivity index is 1.61. The van der Waals surface area contributed by atoms with E-state index in [1.165, 1.54) is 18.5 Å². The molecule has 0 aliphatic carbocycles. The zero-order valence-corrected chi connectivity index (χ0v) is 16.0. The van der Waals surface area contributed by atoms with Gasteiger partial charge in [-0.1, -0.05) is 12.1 Å². The van der Waals surface area contributed by atoms with Crippen LogP contribution in [0.2, 0.25) is 0 Å². The average molecular weight is 411 g/mol. The maximum absolute atomic E-state index is 13.3. The van der Waals surface area contributed by atoms with Crippen LogP contribution in [-0.4, -0.2) is 29.7 Å². The van der Waals surface area contributed by atoms with E-state index in [2.05, 4.69) is 15.1 Å². The number of aromatic nitrogens is 5. The molecular weight excluding hydrogens is 397 g/mol. The van der Waals surface area contributed by atoms with Crippen LogP contribution in [0.1, 0.15) is 22.6 Å². The molecule has 0 radical (unpaired) electrons. The Bertz CT molecular complexity index is 1430. The van der Waals surface area contributed by atoms with Gasteiger partial charge in [-0.15, -0.1) is 5.10 Å². The minimum atomic E-state index is -0.323. The second-order valence-electron chi connectivity index (χ2n) is 7.22. The number of hydrogen-bond donors (Lipinski definition) is 1. The molecule has 1 N–H and O–H groups in total. The summed E-state index contributed by atoms with van der Waals surface area (Å²) in [6.07, 6.45) is 5.03. The summed E-state index contributed by atoms with van der Waals surface area (Å²) in [4.78, 5) is 13.5. The van der Waals surface area contributed by atoms with Gasteiger partial charge in [0.1, 0.15) is 23.6 Å². The second-order valence-corrected chi connectivity index (χ2v) is 7.22. The molecule has 0 saturated heterocycles. The van der Waals surface area contributed by atoms with Crippen molar-refractivity contribution in [3.8, 4) is 28.8 Å². The van der Waals surface area contributed by atoms with Gasteiger partial charge >= 0.3 is 0 Å². The van der Waals surface area contributed by atoms with Crippen molar-refractivity contribution in [2.45, 2.75) is 5.92 Å². The number of nitrogens with zero attached hydrogens (tertiary/aromatic N) is 5. The summed E-state index contributed by atoms with van der Waals surface area (Å²) in [5.74, 6) is 0.880. The third-order valence-corrected chi connectivity index (χ3v) is 5.31. The van der Waals surface area contributed by atoms with E-state index in [0.29, 0.717) is 28.7 Å². The number of aromatic hydroxyl groups is 1. The molecule has 5 aromatic rings. The van der Waals surface area contributed by atoms with Crippen molar-refractivity contribution in [2.75, 3.05) is 0 Å². The fourth-order valence-corrected chi connectivity index (χ4v) is 3.92. The minimum absolute atomic E-state index is 0.106. The molecule has 2 aromatic carbocycles. The topological polar surface area (TPSA) is 85.4 Å². The Morgan fingerprint density at radius 1 is 1.06 bits per heavy atom. The number of benzene rings is 2. The SMILES string of the molecule is Oc1ccc2c(c1)Oc1ncn3nc(-c4ccc(F)cc4)nc3c1C2c1cccnc1. The molecule has 1 unspecified atom stereocenters. The zero-order chi connectivity index (χ0) is 20.9. The van der Waals surface area contributed by atoms with Crippen molar-refractivity contribution >= 4 is 5.65 Å². The van der Waals surface area contributed by atoms with E-state index in [1.807, 2.05) is 18.2 Å². The van der Waals surface area contributed by atoms with Crippen LogP contribution in [-0.2, 0) is 0 Å². The first kappa shape index (κ1) is 17.5. The van der Waals surface area contributed by atoms with Gasteiger partial charge in [-0.3, -0.25) is 4.98 Å². The lowest BCUT2D eigenvalue weighted by Gasteiger charge is -2.27. The standard InChI is InChI=1S/C23H14FN5O2/c24-15-5-3-13(4-6-15)21-27-22-20-19(14-2-1-9-25-11-14)17-8-7-16(30)10-18(17)31-23(20)26-12-29(22)28-21/h1-12,19,30H. The van der Waals surface area contributed by atoms with Crippen LogP contribution >= 0.6 is 0 Å². The monoisotopic (exact) mass is 411 g/mol. The van der Waals surface area contributed by atoms with Crippen molar-refractivity contribution in [2.24, 2.45) is 0 Å². The van der Waals surface area contributed by atoms with E-state index in [1.54, 1.807) is 41.2 Å². The molecule has 1 atom stereocenters. The van der Waals surface area contributed by atoms with E-state index in [0.717, 1.165) is 16.7 Å². The van der Waals surface area contributed by atoms with Crippen LogP contribution < -0.4 is 4.74 Å². The molecular formula is C23H14FN5O2. The lowest BCUT2D eigenvalue weighted by atomic mass is 9.84. The van der Waals surface area contributed by atoms with Gasteiger partial charge < -0.3 is 9.84 Å². The Kier molecular flexibility index (Phi) is 3.73. The van der Waals surface area contributed by atoms with Gasteiger partial charge in [-0.2, -0.15) is 0 Å². The van der Waals surface area contributed by atoms with E-state index >= 15 is 0 Å². The average Bonchev–Trinajstić information content (AvgIpc) is 3.23. The molecule has 31 heavy (non-hydrogen) atoms. The summed E-state index contributed by atoms with van der Waals surface area (Å²) in [5.41, 5.74) is 3.81. The van der Waals surface area contributed by atoms with E-state index in [9.17, 15) is 9.50 Å². The van der Waals surface area contributed by atoms with Crippen molar-refractivity contribution in [1.29, 1.82) is 0 Å². The van der Waals surface area contributed by atoms with E-state index < -0.39 is 0 Å². The molecule has 4 heterocycles. The van der Waals surface area contributed by atoms with Gasteiger partial charge in [0.15, 0.2) is 11.5 Å². The van der Waals surface area contributed by atoms with Gasteiger partial charge in [0.25, 0.3) is 0 Å². The maximum Gasteiger partial charge on any atom is 0.228 e. The lowest BCUT2D eigenvalue weighted by Crippen LogP contribution is -2.15. The highest BCUT2D eigenvalue weighted by molar-refractivity contribution is 5.68. The summed E-state index contributed by atoms with van der Waals surface area (Å²) in [6, 6.07) is 14.9. The zero-order valence-electron chi connectivity index (χ0n) is 16.0. The quantitative estimate of drug-likeness (QED) is 0.457. The Labute approximate surface area is 175 Å². The minimum Gasteiger partial charge on any atom is -0.508 e. The number of halogens is 1. The van der Waals surface area contributed by atoms with E-state index in [4.69, 9.17) is 9.72 Å². The molecule has 8 heteroatoms. The highest BCUT2D eigenvalue weighted by Gasteiger charge is 2.33. The van der Waals surface area contributed by atoms with Crippen molar-refractivity contribution in [3.63, 3.8) is 0 Å². The first-order valence-corrected chi connectivity index (χ1v) is 9.59. The van der Waals surface area contributed by atoms with Crippen LogP contribution in [0.5, 0.6) is 17.4 Å². The van der Waals surface area contributed by atoms with Gasteiger partial charge in [0.05, 0.1) is 5.56 Å². The number of fused-ring (bicyclic) bond motifs is 4. The molecule has 1 aliphatic heterocycles. The number of hydrogen-bond acceptors (Lipinski definition) is 6. The molecule has 0 spiro atoms. The molecule has 1 aliphatic rings. The number of pyridine rings is 1. The Hall–Kier alpha value is -4.33. The number of phenols is 1. The molecule has 150 valence electrons. The van der Waals surface area contributed by atoms with Crippen LogP contribution in [0.15, 0.2) is 73.3 Å². The van der Waals surface area contributed by atoms with Crippen LogP contribution in [0.3, 0.4) is 0 Å². The van der Waals surface area contributed by atoms with Gasteiger partial charge in [-0.05, 0) is 42.0 Å². The van der Waals surface area contributed by atoms with Gasteiger partial charge in [-0.25, -0.2) is 18.9 Å². The molecule has 0 fully saturated rings. The third-order valence-electron chi connectivity index (χ3n) is 5.31. The molecule has 3 aromatic heterocycles. The first-order chi connectivity index (χ1) is 15.2. The summed E-state index contributed by atoms with van der Waals surface area (Å²) in [7, 11) is 0. The van der Waals surface area contributed by atoms with Crippen molar-refractivity contribution in [3.05, 3.63) is 95.8 Å². The maximum atomic E-state index is 13.3.